The van der Waals surface area contributed by atoms with Gasteiger partial charge in [-0.15, -0.1) is 0 Å². The molecular weight excluding hydrogens is 364 g/mol. The SMILES string of the molecule is C[C@H](OC(=O)/C=C/c1nc2ccccc2o1)C(=O)Nc1ccc2c(c1)OCO2. The van der Waals surface area contributed by atoms with Gasteiger partial charge in [0.25, 0.3) is 5.91 Å². The van der Waals surface area contributed by atoms with Crippen molar-refractivity contribution in [1.29, 1.82) is 0 Å². The molecule has 0 radical (unpaired) electrons. The molecule has 1 atom stereocenters. The van der Waals surface area contributed by atoms with Crippen LogP contribution in [0.15, 0.2) is 53.0 Å². The Morgan fingerprint density at radius 2 is 2.00 bits per heavy atom. The first-order valence-electron chi connectivity index (χ1n) is 8.53. The Hall–Kier alpha value is -3.81. The summed E-state index contributed by atoms with van der Waals surface area (Å²) in [5, 5.41) is 2.66. The third-order valence-corrected chi connectivity index (χ3v) is 3.97. The quantitative estimate of drug-likeness (QED) is 0.536. The van der Waals surface area contributed by atoms with Crippen molar-refractivity contribution in [1.82, 2.24) is 4.98 Å². The zero-order valence-corrected chi connectivity index (χ0v) is 14.9. The molecule has 2 aromatic carbocycles. The summed E-state index contributed by atoms with van der Waals surface area (Å²) >= 11 is 0. The number of nitrogens with one attached hydrogen (secondary N) is 1. The maximum absolute atomic E-state index is 12.2. The number of anilines is 1. The first-order chi connectivity index (χ1) is 13.6. The number of hydrogen-bond acceptors (Lipinski definition) is 7. The zero-order valence-electron chi connectivity index (χ0n) is 14.9. The number of ether oxygens (including phenoxy) is 3. The molecule has 0 unspecified atom stereocenters. The number of amides is 1. The maximum Gasteiger partial charge on any atom is 0.331 e. The van der Waals surface area contributed by atoms with Gasteiger partial charge in [0, 0.05) is 23.9 Å². The topological polar surface area (TPSA) is 99.9 Å². The van der Waals surface area contributed by atoms with Crippen molar-refractivity contribution in [3.05, 3.63) is 54.4 Å². The summed E-state index contributed by atoms with van der Waals surface area (Å²) in [7, 11) is 0. The van der Waals surface area contributed by atoms with E-state index in [4.69, 9.17) is 18.6 Å². The predicted octanol–water partition coefficient (Wildman–Crippen LogP) is 3.14. The average molecular weight is 380 g/mol. The monoisotopic (exact) mass is 380 g/mol. The highest BCUT2D eigenvalue weighted by molar-refractivity contribution is 5.96. The standard InChI is InChI=1S/C20H16N2O6/c1-12(20(24)21-13-6-7-16-17(10-13)26-11-25-16)27-19(23)9-8-18-22-14-4-2-3-5-15(14)28-18/h2-10,12H,11H2,1H3,(H,21,24)/b9-8+/t12-/m0/s1. The third kappa shape index (κ3) is 3.80. The van der Waals surface area contributed by atoms with Crippen LogP contribution < -0.4 is 14.8 Å². The molecule has 0 saturated heterocycles. The fourth-order valence-electron chi connectivity index (χ4n) is 2.59. The van der Waals surface area contributed by atoms with Crippen molar-refractivity contribution in [2.75, 3.05) is 12.1 Å². The molecule has 142 valence electrons. The maximum atomic E-state index is 12.2. The summed E-state index contributed by atoms with van der Waals surface area (Å²) in [6, 6.07) is 12.3. The van der Waals surface area contributed by atoms with Crippen LogP contribution in [0.3, 0.4) is 0 Å². The van der Waals surface area contributed by atoms with E-state index in [1.54, 1.807) is 30.3 Å². The van der Waals surface area contributed by atoms with Gasteiger partial charge in [-0.1, -0.05) is 12.1 Å². The minimum atomic E-state index is -0.994. The number of benzene rings is 2. The summed E-state index contributed by atoms with van der Waals surface area (Å²) in [5.41, 5.74) is 1.82. The Labute approximate surface area is 159 Å². The van der Waals surface area contributed by atoms with Crippen LogP contribution in [0.25, 0.3) is 17.2 Å². The van der Waals surface area contributed by atoms with Crippen LogP contribution in [0.5, 0.6) is 11.5 Å². The van der Waals surface area contributed by atoms with Gasteiger partial charge in [0.15, 0.2) is 23.2 Å². The second kappa shape index (κ2) is 7.43. The number of oxazole rings is 1. The Kier molecular flexibility index (Phi) is 4.67. The van der Waals surface area contributed by atoms with Gasteiger partial charge in [-0.25, -0.2) is 9.78 Å². The number of esters is 1. The highest BCUT2D eigenvalue weighted by Gasteiger charge is 2.19. The number of fused-ring (bicyclic) bond motifs is 2. The van der Waals surface area contributed by atoms with Gasteiger partial charge in [-0.2, -0.15) is 0 Å². The molecule has 0 aliphatic carbocycles. The summed E-state index contributed by atoms with van der Waals surface area (Å²) in [5.74, 6) is 0.277. The van der Waals surface area contributed by atoms with Crippen molar-refractivity contribution < 1.29 is 28.2 Å². The second-order valence-electron chi connectivity index (χ2n) is 5.99. The summed E-state index contributed by atoms with van der Waals surface area (Å²) in [6.45, 7) is 1.63. The Morgan fingerprint density at radius 3 is 2.86 bits per heavy atom. The molecule has 8 nitrogen and oxygen atoms in total. The van der Waals surface area contributed by atoms with Crippen LogP contribution in [-0.2, 0) is 14.3 Å². The third-order valence-electron chi connectivity index (χ3n) is 3.97. The van der Waals surface area contributed by atoms with Crippen molar-refractivity contribution in [3.8, 4) is 11.5 Å². The number of carbonyl (C=O) groups is 2. The van der Waals surface area contributed by atoms with Gasteiger partial charge in [-0.3, -0.25) is 4.79 Å². The summed E-state index contributed by atoms with van der Waals surface area (Å²) < 4.78 is 21.1. The van der Waals surface area contributed by atoms with Crippen LogP contribution in [0.1, 0.15) is 12.8 Å². The van der Waals surface area contributed by atoms with Crippen LogP contribution in [0.2, 0.25) is 0 Å². The van der Waals surface area contributed by atoms with Crippen molar-refractivity contribution in [2.24, 2.45) is 0 Å². The Morgan fingerprint density at radius 1 is 1.18 bits per heavy atom. The largest absolute Gasteiger partial charge is 0.454 e. The molecule has 2 heterocycles. The fourth-order valence-corrected chi connectivity index (χ4v) is 2.59. The molecule has 28 heavy (non-hydrogen) atoms. The minimum Gasteiger partial charge on any atom is -0.454 e. The van der Waals surface area contributed by atoms with Crippen LogP contribution in [0.4, 0.5) is 5.69 Å². The van der Waals surface area contributed by atoms with E-state index in [0.717, 1.165) is 6.08 Å². The molecule has 0 saturated carbocycles. The molecule has 1 aliphatic rings. The molecular formula is C20H16N2O6. The van der Waals surface area contributed by atoms with Crippen LogP contribution in [-0.4, -0.2) is 29.8 Å². The lowest BCUT2D eigenvalue weighted by molar-refractivity contribution is -0.148. The molecule has 1 aliphatic heterocycles. The van der Waals surface area contributed by atoms with E-state index >= 15 is 0 Å². The molecule has 4 rings (SSSR count). The van der Waals surface area contributed by atoms with Gasteiger partial charge in [0.2, 0.25) is 12.7 Å². The Balaban J connectivity index is 1.33. The van der Waals surface area contributed by atoms with E-state index in [9.17, 15) is 9.59 Å². The lowest BCUT2D eigenvalue weighted by Gasteiger charge is -2.12. The highest BCUT2D eigenvalue weighted by Crippen LogP contribution is 2.34. The molecule has 0 spiro atoms. The first kappa shape index (κ1) is 17.6. The zero-order chi connectivity index (χ0) is 19.5. The normalized spacial score (nSPS) is 13.6. The van der Waals surface area contributed by atoms with Gasteiger partial charge in [0.1, 0.15) is 5.52 Å². The van der Waals surface area contributed by atoms with E-state index in [-0.39, 0.29) is 12.7 Å². The lowest BCUT2D eigenvalue weighted by Crippen LogP contribution is -2.29. The molecule has 0 fully saturated rings. The molecule has 8 heteroatoms. The molecule has 1 N–H and O–H groups in total. The average Bonchev–Trinajstić information content (AvgIpc) is 3.32. The summed E-state index contributed by atoms with van der Waals surface area (Å²) in [6.07, 6.45) is 1.56. The van der Waals surface area contributed by atoms with E-state index in [1.165, 1.54) is 13.0 Å². The van der Waals surface area contributed by atoms with Crippen LogP contribution in [0, 0.1) is 0 Å². The van der Waals surface area contributed by atoms with Crippen LogP contribution >= 0.6 is 0 Å². The molecule has 1 amide bonds. The minimum absolute atomic E-state index is 0.146. The molecule has 3 aromatic rings. The first-order valence-corrected chi connectivity index (χ1v) is 8.53. The van der Waals surface area contributed by atoms with Gasteiger partial charge in [0.05, 0.1) is 0 Å². The van der Waals surface area contributed by atoms with E-state index in [0.29, 0.717) is 28.3 Å². The van der Waals surface area contributed by atoms with E-state index < -0.39 is 18.0 Å². The number of carbonyl (C=O) groups excluding carboxylic acids is 2. The van der Waals surface area contributed by atoms with Crippen molar-refractivity contribution in [2.45, 2.75) is 13.0 Å². The van der Waals surface area contributed by atoms with Gasteiger partial charge < -0.3 is 23.9 Å². The molecule has 0 bridgehead atoms. The number of rotatable bonds is 5. The predicted molar refractivity (Wildman–Crippen MR) is 99.8 cm³/mol. The van der Waals surface area contributed by atoms with Crippen molar-refractivity contribution in [3.63, 3.8) is 0 Å². The van der Waals surface area contributed by atoms with Gasteiger partial charge >= 0.3 is 5.97 Å². The fraction of sp³-hybridized carbons (Fsp3) is 0.150. The number of hydrogen-bond donors (Lipinski definition) is 1. The smallest absolute Gasteiger partial charge is 0.331 e. The van der Waals surface area contributed by atoms with E-state index in [2.05, 4.69) is 10.3 Å². The lowest BCUT2D eigenvalue weighted by atomic mass is 10.2. The highest BCUT2D eigenvalue weighted by atomic mass is 16.7. The van der Waals surface area contributed by atoms with E-state index in [1.807, 2.05) is 12.1 Å². The molecule has 1 aromatic heterocycles. The van der Waals surface area contributed by atoms with Crippen molar-refractivity contribution >= 4 is 34.7 Å². The number of para-hydroxylation sites is 2. The Bertz CT molecular complexity index is 1040. The second-order valence-corrected chi connectivity index (χ2v) is 5.99. The number of nitrogens with zero attached hydrogens (tertiary/aromatic N) is 1. The number of aromatic nitrogens is 1. The van der Waals surface area contributed by atoms with Gasteiger partial charge in [-0.05, 0) is 31.2 Å². The summed E-state index contributed by atoms with van der Waals surface area (Å²) in [4.78, 5) is 28.4.